The Balaban J connectivity index is 1.51. The van der Waals surface area contributed by atoms with E-state index in [2.05, 4.69) is 40.0 Å². The lowest BCUT2D eigenvalue weighted by atomic mass is 10.0. The summed E-state index contributed by atoms with van der Waals surface area (Å²) >= 11 is 6.75. The lowest BCUT2D eigenvalue weighted by molar-refractivity contribution is 0.0935. The number of hydrogen-bond donors (Lipinski definition) is 2. The van der Waals surface area contributed by atoms with Crippen LogP contribution in [0.3, 0.4) is 0 Å². The van der Waals surface area contributed by atoms with E-state index in [1.807, 2.05) is 43.3 Å². The normalized spacial score (nSPS) is 15.7. The first kappa shape index (κ1) is 17.8. The van der Waals surface area contributed by atoms with E-state index in [9.17, 15) is 4.79 Å². The SMILES string of the molecule is Cc1nn(Cc2cccc3ccccc23)c(Cl)c1[C@H]1NC(=O)c2ccccc2N1. The molecule has 0 saturated carbocycles. The third kappa shape index (κ3) is 3.04. The quantitative estimate of drug-likeness (QED) is 0.512. The van der Waals surface area contributed by atoms with Gasteiger partial charge in [-0.25, -0.2) is 4.68 Å². The summed E-state index contributed by atoms with van der Waals surface area (Å²) < 4.78 is 1.79. The molecule has 5 nitrogen and oxygen atoms in total. The number of para-hydroxylation sites is 1. The van der Waals surface area contributed by atoms with E-state index in [1.165, 1.54) is 10.8 Å². The molecule has 1 aromatic heterocycles. The van der Waals surface area contributed by atoms with Crippen molar-refractivity contribution in [3.05, 3.63) is 94.3 Å². The molecular weight excluding hydrogens is 384 g/mol. The third-order valence-corrected chi connectivity index (χ3v) is 5.74. The minimum atomic E-state index is -0.425. The molecule has 2 heterocycles. The molecule has 1 atom stereocenters. The number of carbonyl (C=O) groups excluding carboxylic acids is 1. The van der Waals surface area contributed by atoms with E-state index >= 15 is 0 Å². The predicted molar refractivity (Wildman–Crippen MR) is 115 cm³/mol. The standard InChI is InChI=1S/C23H19ClN4O/c1-14-20(22-25-19-12-5-4-11-18(19)23(29)26-22)21(24)28(27-14)13-16-9-6-8-15-7-2-3-10-17(15)16/h2-12,22,25H,13H2,1H3,(H,26,29)/t22-/m1/s1. The molecule has 144 valence electrons. The van der Waals surface area contributed by atoms with Crippen LogP contribution < -0.4 is 10.6 Å². The fraction of sp³-hybridized carbons (Fsp3) is 0.130. The van der Waals surface area contributed by atoms with Gasteiger partial charge in [0.1, 0.15) is 11.3 Å². The Bertz CT molecular complexity index is 1240. The molecule has 4 aromatic rings. The number of benzene rings is 3. The second-order valence-electron chi connectivity index (χ2n) is 7.18. The molecule has 29 heavy (non-hydrogen) atoms. The number of hydrogen-bond acceptors (Lipinski definition) is 3. The second-order valence-corrected chi connectivity index (χ2v) is 7.54. The molecule has 6 heteroatoms. The molecule has 2 N–H and O–H groups in total. The summed E-state index contributed by atoms with van der Waals surface area (Å²) in [5, 5.41) is 13.9. The molecule has 1 aliphatic rings. The lowest BCUT2D eigenvalue weighted by Crippen LogP contribution is -2.38. The predicted octanol–water partition coefficient (Wildman–Crippen LogP) is 4.90. The maximum Gasteiger partial charge on any atom is 0.255 e. The van der Waals surface area contributed by atoms with Crippen LogP contribution in [-0.2, 0) is 6.54 Å². The molecule has 5 rings (SSSR count). The van der Waals surface area contributed by atoms with Crippen LogP contribution in [0.1, 0.15) is 33.3 Å². The van der Waals surface area contributed by atoms with Gasteiger partial charge in [0.15, 0.2) is 0 Å². The Labute approximate surface area is 173 Å². The van der Waals surface area contributed by atoms with Gasteiger partial charge < -0.3 is 10.6 Å². The van der Waals surface area contributed by atoms with Crippen LogP contribution >= 0.6 is 11.6 Å². The van der Waals surface area contributed by atoms with Crippen LogP contribution in [0, 0.1) is 6.92 Å². The van der Waals surface area contributed by atoms with Crippen molar-refractivity contribution in [3.63, 3.8) is 0 Å². The number of nitrogens with one attached hydrogen (secondary N) is 2. The van der Waals surface area contributed by atoms with Crippen LogP contribution in [-0.4, -0.2) is 15.7 Å². The number of aryl methyl sites for hydroxylation is 1. The van der Waals surface area contributed by atoms with Crippen molar-refractivity contribution in [2.45, 2.75) is 19.6 Å². The highest BCUT2D eigenvalue weighted by molar-refractivity contribution is 6.30. The minimum absolute atomic E-state index is 0.123. The molecule has 3 aromatic carbocycles. The highest BCUT2D eigenvalue weighted by Crippen LogP contribution is 2.32. The Morgan fingerprint density at radius 2 is 1.76 bits per heavy atom. The second kappa shape index (κ2) is 6.94. The molecule has 0 spiro atoms. The highest BCUT2D eigenvalue weighted by atomic mass is 35.5. The number of halogens is 1. The molecule has 1 amide bonds. The average molecular weight is 403 g/mol. The van der Waals surface area contributed by atoms with Crippen molar-refractivity contribution in [2.75, 3.05) is 5.32 Å². The van der Waals surface area contributed by atoms with Gasteiger partial charge in [-0.2, -0.15) is 5.10 Å². The number of fused-ring (bicyclic) bond motifs is 2. The fourth-order valence-electron chi connectivity index (χ4n) is 3.94. The number of aromatic nitrogens is 2. The van der Waals surface area contributed by atoms with Gasteiger partial charge in [0.25, 0.3) is 5.91 Å². The van der Waals surface area contributed by atoms with Crippen molar-refractivity contribution in [1.82, 2.24) is 15.1 Å². The number of anilines is 1. The first-order valence-corrected chi connectivity index (χ1v) is 9.85. The van der Waals surface area contributed by atoms with E-state index in [0.717, 1.165) is 22.5 Å². The molecule has 0 saturated heterocycles. The molecule has 0 bridgehead atoms. The van der Waals surface area contributed by atoms with Crippen LogP contribution in [0.2, 0.25) is 5.15 Å². The summed E-state index contributed by atoms with van der Waals surface area (Å²) in [5.74, 6) is -0.123. The molecule has 0 unspecified atom stereocenters. The molecule has 0 fully saturated rings. The number of rotatable bonds is 3. The Hall–Kier alpha value is -3.31. The van der Waals surface area contributed by atoms with E-state index in [4.69, 9.17) is 11.6 Å². The lowest BCUT2D eigenvalue weighted by Gasteiger charge is -2.27. The zero-order chi connectivity index (χ0) is 20.0. The number of nitrogens with zero attached hydrogens (tertiary/aromatic N) is 2. The summed E-state index contributed by atoms with van der Waals surface area (Å²) in [5.41, 5.74) is 4.13. The summed E-state index contributed by atoms with van der Waals surface area (Å²) in [6, 6.07) is 21.9. The first-order chi connectivity index (χ1) is 14.1. The highest BCUT2D eigenvalue weighted by Gasteiger charge is 2.29. The smallest absolute Gasteiger partial charge is 0.255 e. The third-order valence-electron chi connectivity index (χ3n) is 5.35. The van der Waals surface area contributed by atoms with Crippen molar-refractivity contribution >= 4 is 34.0 Å². The Morgan fingerprint density at radius 1 is 1.00 bits per heavy atom. The maximum atomic E-state index is 12.5. The summed E-state index contributed by atoms with van der Waals surface area (Å²) in [4.78, 5) is 12.5. The molecule has 1 aliphatic heterocycles. The van der Waals surface area contributed by atoms with Crippen molar-refractivity contribution in [3.8, 4) is 0 Å². The summed E-state index contributed by atoms with van der Waals surface area (Å²) in [7, 11) is 0. The van der Waals surface area contributed by atoms with Gasteiger partial charge in [0, 0.05) is 5.69 Å². The minimum Gasteiger partial charge on any atom is -0.361 e. The van der Waals surface area contributed by atoms with Crippen molar-refractivity contribution in [1.29, 1.82) is 0 Å². The maximum absolute atomic E-state index is 12.5. The summed E-state index contributed by atoms with van der Waals surface area (Å²) in [6.07, 6.45) is -0.425. The van der Waals surface area contributed by atoms with Crippen molar-refractivity contribution in [2.24, 2.45) is 0 Å². The van der Waals surface area contributed by atoms with Crippen LogP contribution in [0.4, 0.5) is 5.69 Å². The van der Waals surface area contributed by atoms with Gasteiger partial charge >= 0.3 is 0 Å². The van der Waals surface area contributed by atoms with Gasteiger partial charge in [-0.05, 0) is 35.4 Å². The van der Waals surface area contributed by atoms with Crippen LogP contribution in [0.15, 0.2) is 66.7 Å². The van der Waals surface area contributed by atoms with Gasteiger partial charge in [-0.3, -0.25) is 4.79 Å². The average Bonchev–Trinajstić information content (AvgIpc) is 3.01. The van der Waals surface area contributed by atoms with Crippen molar-refractivity contribution < 1.29 is 4.79 Å². The van der Waals surface area contributed by atoms with Gasteiger partial charge in [-0.15, -0.1) is 0 Å². The van der Waals surface area contributed by atoms with Gasteiger partial charge in [-0.1, -0.05) is 66.2 Å². The fourth-order valence-corrected chi connectivity index (χ4v) is 4.29. The van der Waals surface area contributed by atoms with E-state index < -0.39 is 6.17 Å². The molecular formula is C23H19ClN4O. The van der Waals surface area contributed by atoms with E-state index in [1.54, 1.807) is 10.7 Å². The molecule has 0 radical (unpaired) electrons. The van der Waals surface area contributed by atoms with E-state index in [0.29, 0.717) is 17.3 Å². The zero-order valence-corrected chi connectivity index (χ0v) is 16.6. The first-order valence-electron chi connectivity index (χ1n) is 9.47. The summed E-state index contributed by atoms with van der Waals surface area (Å²) in [6.45, 7) is 2.47. The molecule has 0 aliphatic carbocycles. The van der Waals surface area contributed by atoms with Gasteiger partial charge in [0.2, 0.25) is 0 Å². The number of carbonyl (C=O) groups is 1. The number of amides is 1. The topological polar surface area (TPSA) is 59.0 Å². The van der Waals surface area contributed by atoms with Crippen LogP contribution in [0.25, 0.3) is 10.8 Å². The van der Waals surface area contributed by atoms with Crippen LogP contribution in [0.5, 0.6) is 0 Å². The van der Waals surface area contributed by atoms with E-state index in [-0.39, 0.29) is 5.91 Å². The Kier molecular flexibility index (Phi) is 4.25. The largest absolute Gasteiger partial charge is 0.361 e. The Morgan fingerprint density at radius 3 is 2.66 bits per heavy atom. The van der Waals surface area contributed by atoms with Gasteiger partial charge in [0.05, 0.1) is 23.4 Å². The zero-order valence-electron chi connectivity index (χ0n) is 15.8. The monoisotopic (exact) mass is 402 g/mol.